The van der Waals surface area contributed by atoms with Crippen molar-refractivity contribution < 1.29 is 14.6 Å². The maximum Gasteiger partial charge on any atom is 0.147 e. The van der Waals surface area contributed by atoms with Crippen molar-refractivity contribution in [3.63, 3.8) is 0 Å². The SMILES string of the molecule is COC[C@@]1(O)CCC2[C@H](CC[C@@H]3[C@@H]2CC[C@]2(C)[C@@H](C(=O)CBr)CC[C@@H]32)C1. The third-order valence-corrected chi connectivity index (χ3v) is 9.59. The number of hydrogen-bond acceptors (Lipinski definition) is 3. The van der Waals surface area contributed by atoms with Crippen molar-refractivity contribution in [3.8, 4) is 0 Å². The summed E-state index contributed by atoms with van der Waals surface area (Å²) in [6.45, 7) is 2.91. The molecular formula is C22H35BrO3. The van der Waals surface area contributed by atoms with Gasteiger partial charge in [-0.2, -0.15) is 0 Å². The molecule has 148 valence electrons. The van der Waals surface area contributed by atoms with Crippen molar-refractivity contribution in [1.82, 2.24) is 0 Å². The van der Waals surface area contributed by atoms with Crippen LogP contribution in [0.25, 0.3) is 0 Å². The van der Waals surface area contributed by atoms with Crippen LogP contribution in [0.3, 0.4) is 0 Å². The molecule has 0 aromatic heterocycles. The van der Waals surface area contributed by atoms with Gasteiger partial charge in [-0.1, -0.05) is 22.9 Å². The van der Waals surface area contributed by atoms with Crippen LogP contribution in [0.5, 0.6) is 0 Å². The Morgan fingerprint density at radius 2 is 1.85 bits per heavy atom. The second-order valence-corrected chi connectivity index (χ2v) is 10.7. The molecule has 4 aliphatic carbocycles. The molecule has 0 aromatic carbocycles. The summed E-state index contributed by atoms with van der Waals surface area (Å²) in [5.74, 6) is 4.58. The number of carbonyl (C=O) groups is 1. The van der Waals surface area contributed by atoms with Gasteiger partial charge in [0.2, 0.25) is 0 Å². The van der Waals surface area contributed by atoms with Crippen LogP contribution in [-0.2, 0) is 9.53 Å². The lowest BCUT2D eigenvalue weighted by Crippen LogP contribution is -2.52. The van der Waals surface area contributed by atoms with Crippen LogP contribution >= 0.6 is 15.9 Å². The number of alkyl halides is 1. The van der Waals surface area contributed by atoms with Crippen molar-refractivity contribution in [1.29, 1.82) is 0 Å². The summed E-state index contributed by atoms with van der Waals surface area (Å²) >= 11 is 3.42. The fourth-order valence-corrected chi connectivity index (χ4v) is 8.38. The number of aliphatic hydroxyl groups is 1. The minimum absolute atomic E-state index is 0.240. The Morgan fingerprint density at radius 1 is 1.08 bits per heavy atom. The van der Waals surface area contributed by atoms with Gasteiger partial charge in [-0.3, -0.25) is 4.79 Å². The molecule has 0 radical (unpaired) electrons. The molecule has 0 saturated heterocycles. The molecule has 0 aromatic rings. The molecule has 0 heterocycles. The number of halogens is 1. The largest absolute Gasteiger partial charge is 0.387 e. The van der Waals surface area contributed by atoms with E-state index in [1.165, 1.54) is 38.5 Å². The highest BCUT2D eigenvalue weighted by Gasteiger charge is 2.58. The molecule has 4 aliphatic rings. The molecule has 4 fully saturated rings. The highest BCUT2D eigenvalue weighted by Crippen LogP contribution is 2.64. The molecule has 3 nitrogen and oxygen atoms in total. The van der Waals surface area contributed by atoms with Crippen molar-refractivity contribution in [3.05, 3.63) is 0 Å². The van der Waals surface area contributed by atoms with Gasteiger partial charge in [0.05, 0.1) is 17.5 Å². The van der Waals surface area contributed by atoms with Gasteiger partial charge >= 0.3 is 0 Å². The summed E-state index contributed by atoms with van der Waals surface area (Å²) in [5.41, 5.74) is -0.350. The average Bonchev–Trinajstić information content (AvgIpc) is 2.98. The Labute approximate surface area is 166 Å². The van der Waals surface area contributed by atoms with E-state index in [1.54, 1.807) is 7.11 Å². The molecule has 0 amide bonds. The summed E-state index contributed by atoms with van der Waals surface area (Å²) in [7, 11) is 1.70. The Hall–Kier alpha value is 0.0700. The fraction of sp³-hybridized carbons (Fsp3) is 0.955. The topological polar surface area (TPSA) is 46.5 Å². The summed E-state index contributed by atoms with van der Waals surface area (Å²) in [5, 5.41) is 11.4. The Bertz CT molecular complexity index is 552. The van der Waals surface area contributed by atoms with E-state index in [1.807, 2.05) is 0 Å². The number of carbonyl (C=O) groups excluding carboxylic acids is 1. The number of fused-ring (bicyclic) bond motifs is 5. The summed E-state index contributed by atoms with van der Waals surface area (Å²) < 4.78 is 5.30. The van der Waals surface area contributed by atoms with Crippen molar-refractivity contribution >= 4 is 21.7 Å². The van der Waals surface area contributed by atoms with Crippen molar-refractivity contribution in [2.75, 3.05) is 19.0 Å². The number of rotatable bonds is 4. The molecule has 4 saturated carbocycles. The van der Waals surface area contributed by atoms with Gasteiger partial charge in [0.1, 0.15) is 5.78 Å². The van der Waals surface area contributed by atoms with Crippen LogP contribution in [-0.4, -0.2) is 35.5 Å². The number of Topliss-reactive ketones (excluding diaryl/α,β-unsaturated/α-hetero) is 1. The minimum Gasteiger partial charge on any atom is -0.387 e. The predicted molar refractivity (Wildman–Crippen MR) is 106 cm³/mol. The van der Waals surface area contributed by atoms with E-state index < -0.39 is 5.60 Å². The molecule has 0 aliphatic heterocycles. The predicted octanol–water partition coefficient (Wildman–Crippen LogP) is 4.60. The first-order chi connectivity index (χ1) is 12.4. The van der Waals surface area contributed by atoms with E-state index >= 15 is 0 Å². The summed E-state index contributed by atoms with van der Waals surface area (Å²) in [6, 6.07) is 0. The zero-order valence-electron chi connectivity index (χ0n) is 16.4. The number of methoxy groups -OCH3 is 1. The minimum atomic E-state index is -0.591. The Kier molecular flexibility index (Phi) is 5.33. The lowest BCUT2D eigenvalue weighted by Gasteiger charge is -2.57. The van der Waals surface area contributed by atoms with E-state index in [0.29, 0.717) is 23.6 Å². The van der Waals surface area contributed by atoms with Gasteiger partial charge < -0.3 is 9.84 Å². The van der Waals surface area contributed by atoms with E-state index in [-0.39, 0.29) is 11.3 Å². The van der Waals surface area contributed by atoms with Gasteiger partial charge in [0, 0.05) is 13.0 Å². The van der Waals surface area contributed by atoms with Gasteiger partial charge in [0.25, 0.3) is 0 Å². The molecule has 1 N–H and O–H groups in total. The highest BCUT2D eigenvalue weighted by molar-refractivity contribution is 9.09. The molecule has 4 rings (SSSR count). The van der Waals surface area contributed by atoms with Gasteiger partial charge in [0.15, 0.2) is 0 Å². The Balaban J connectivity index is 1.50. The molecule has 26 heavy (non-hydrogen) atoms. The summed E-state index contributed by atoms with van der Waals surface area (Å²) in [6.07, 6.45) is 10.5. The van der Waals surface area contributed by atoms with Crippen molar-refractivity contribution in [2.45, 2.75) is 70.3 Å². The molecule has 1 unspecified atom stereocenters. The van der Waals surface area contributed by atoms with Crippen LogP contribution in [0, 0.1) is 40.9 Å². The molecule has 0 bridgehead atoms. The van der Waals surface area contributed by atoms with Gasteiger partial charge in [-0.25, -0.2) is 0 Å². The zero-order chi connectivity index (χ0) is 18.5. The standard InChI is InChI=1S/C22H35BrO3/c1-21-9-7-16-15-8-10-22(25,13-26-2)11-14(15)3-4-17(16)18(21)5-6-19(21)20(24)12-23/h14-19,25H,3-13H2,1-2H3/t14-,15?,16-,17-,18+,19-,21+,22-/m1/s1. The Morgan fingerprint density at radius 3 is 2.58 bits per heavy atom. The van der Waals surface area contributed by atoms with Crippen LogP contribution in [0.15, 0.2) is 0 Å². The maximum absolute atomic E-state index is 12.5. The fourth-order valence-electron chi connectivity index (χ4n) is 7.98. The second kappa shape index (κ2) is 7.15. The smallest absolute Gasteiger partial charge is 0.147 e. The lowest BCUT2D eigenvalue weighted by atomic mass is 9.49. The van der Waals surface area contributed by atoms with Crippen LogP contribution in [0.4, 0.5) is 0 Å². The van der Waals surface area contributed by atoms with Crippen LogP contribution < -0.4 is 0 Å². The quantitative estimate of drug-likeness (QED) is 0.668. The monoisotopic (exact) mass is 426 g/mol. The summed E-state index contributed by atoms with van der Waals surface area (Å²) in [4.78, 5) is 12.5. The van der Waals surface area contributed by atoms with Crippen molar-refractivity contribution in [2.24, 2.45) is 40.9 Å². The molecule has 8 atom stereocenters. The molecular weight excluding hydrogens is 392 g/mol. The number of hydrogen-bond donors (Lipinski definition) is 1. The highest BCUT2D eigenvalue weighted by atomic mass is 79.9. The van der Waals surface area contributed by atoms with Gasteiger partial charge in [-0.05, 0) is 92.8 Å². The van der Waals surface area contributed by atoms with Crippen LogP contribution in [0.2, 0.25) is 0 Å². The number of ketones is 1. The molecule has 4 heteroatoms. The van der Waals surface area contributed by atoms with Gasteiger partial charge in [-0.15, -0.1) is 0 Å². The van der Waals surface area contributed by atoms with E-state index in [4.69, 9.17) is 4.74 Å². The first kappa shape index (κ1) is 19.4. The zero-order valence-corrected chi connectivity index (χ0v) is 18.0. The maximum atomic E-state index is 12.5. The first-order valence-corrected chi connectivity index (χ1v) is 11.8. The second-order valence-electron chi connectivity index (χ2n) is 10.1. The van der Waals surface area contributed by atoms with E-state index in [0.717, 1.165) is 42.9 Å². The average molecular weight is 427 g/mol. The van der Waals surface area contributed by atoms with Crippen LogP contribution in [0.1, 0.15) is 64.7 Å². The van der Waals surface area contributed by atoms with E-state index in [2.05, 4.69) is 22.9 Å². The third kappa shape index (κ3) is 3.03. The molecule has 0 spiro atoms. The number of ether oxygens (including phenoxy) is 1. The third-order valence-electron chi connectivity index (χ3n) is 9.04. The first-order valence-electron chi connectivity index (χ1n) is 10.7. The lowest BCUT2D eigenvalue weighted by molar-refractivity contribution is -0.134. The normalized spacial score (nSPS) is 50.6. The van der Waals surface area contributed by atoms with E-state index in [9.17, 15) is 9.90 Å².